The number of allylic oxidation sites excluding steroid dienone is 4. The fraction of sp³-hybridized carbons (Fsp3) is 0.333. The lowest BCUT2D eigenvalue weighted by atomic mass is 9.90. The molecule has 2 aliphatic carbocycles. The van der Waals surface area contributed by atoms with E-state index in [2.05, 4.69) is 6.08 Å². The van der Waals surface area contributed by atoms with Crippen molar-refractivity contribution in [3.05, 3.63) is 53.0 Å². The molecule has 18 heavy (non-hydrogen) atoms. The minimum Gasteiger partial charge on any atom is -0.219 e. The maximum Gasteiger partial charge on any atom is 0.202 e. The van der Waals surface area contributed by atoms with Gasteiger partial charge in [0.1, 0.15) is 0 Å². The Hall–Kier alpha value is -1.35. The largest absolute Gasteiger partial charge is 0.219 e. The zero-order valence-electron chi connectivity index (χ0n) is 10.2. The molecule has 3 heteroatoms. The molecule has 0 heterocycles. The smallest absolute Gasteiger partial charge is 0.202 e. The van der Waals surface area contributed by atoms with E-state index in [4.69, 9.17) is 0 Å². The minimum atomic E-state index is -3.28. The molecule has 0 spiro atoms. The van der Waals surface area contributed by atoms with Crippen molar-refractivity contribution in [2.45, 2.75) is 30.6 Å². The normalized spacial score (nSPS) is 23.2. The second-order valence-electron chi connectivity index (χ2n) is 4.96. The molecule has 0 fully saturated rings. The molecule has 0 saturated carbocycles. The molecule has 1 aromatic rings. The van der Waals surface area contributed by atoms with Gasteiger partial charge in [-0.25, -0.2) is 8.42 Å². The number of hydrogen-bond acceptors (Lipinski definition) is 2. The van der Waals surface area contributed by atoms with E-state index in [0.29, 0.717) is 22.1 Å². The van der Waals surface area contributed by atoms with Crippen molar-refractivity contribution in [3.63, 3.8) is 0 Å². The quantitative estimate of drug-likeness (QED) is 0.816. The van der Waals surface area contributed by atoms with Crippen LogP contribution in [0.5, 0.6) is 0 Å². The van der Waals surface area contributed by atoms with E-state index >= 15 is 0 Å². The summed E-state index contributed by atoms with van der Waals surface area (Å²) in [6.07, 6.45) is 8.16. The van der Waals surface area contributed by atoms with E-state index in [1.54, 1.807) is 24.3 Å². The lowest BCUT2D eigenvalue weighted by molar-refractivity contribution is 0.535. The summed E-state index contributed by atoms with van der Waals surface area (Å²) in [6, 6.07) is 8.73. The van der Waals surface area contributed by atoms with Gasteiger partial charge in [0.25, 0.3) is 0 Å². The summed E-state index contributed by atoms with van der Waals surface area (Å²) in [4.78, 5) is 1.00. The minimum absolute atomic E-state index is 0.412. The summed E-state index contributed by atoms with van der Waals surface area (Å²) in [5.41, 5.74) is 1.23. The standard InChI is InChI=1S/C15H16O2S/c16-18(17,14-8-2-1-3-9-14)15-10-12-6-4-5-7-13(12)11-15/h1-3,6,8-10,13H,4-5,7,11H2. The van der Waals surface area contributed by atoms with Crippen LogP contribution in [0, 0.1) is 5.92 Å². The van der Waals surface area contributed by atoms with Crippen molar-refractivity contribution >= 4 is 9.84 Å². The van der Waals surface area contributed by atoms with Crippen molar-refractivity contribution in [1.29, 1.82) is 0 Å². The number of rotatable bonds is 2. The summed E-state index contributed by atoms with van der Waals surface area (Å²) < 4.78 is 25.0. The van der Waals surface area contributed by atoms with E-state index < -0.39 is 9.84 Å². The van der Waals surface area contributed by atoms with Crippen molar-refractivity contribution in [3.8, 4) is 0 Å². The van der Waals surface area contributed by atoms with E-state index in [1.807, 2.05) is 12.1 Å². The molecule has 1 atom stereocenters. The Kier molecular flexibility index (Phi) is 2.86. The summed E-state index contributed by atoms with van der Waals surface area (Å²) in [6.45, 7) is 0. The maximum atomic E-state index is 12.5. The Labute approximate surface area is 108 Å². The first kappa shape index (κ1) is 11.7. The summed E-state index contributed by atoms with van der Waals surface area (Å²) >= 11 is 0. The van der Waals surface area contributed by atoms with Gasteiger partial charge in [-0.05, 0) is 55.4 Å². The molecular formula is C15H16O2S. The number of hydrogen-bond donors (Lipinski definition) is 0. The number of fused-ring (bicyclic) bond motifs is 1. The van der Waals surface area contributed by atoms with Crippen molar-refractivity contribution in [1.82, 2.24) is 0 Å². The highest BCUT2D eigenvalue weighted by molar-refractivity contribution is 7.95. The Bertz CT molecular complexity index is 609. The molecule has 0 amide bonds. The van der Waals surface area contributed by atoms with Gasteiger partial charge in [0.2, 0.25) is 9.84 Å². The molecule has 0 aliphatic heterocycles. The molecule has 1 unspecified atom stereocenters. The van der Waals surface area contributed by atoms with Crippen LogP contribution in [0.15, 0.2) is 57.9 Å². The molecule has 0 N–H and O–H groups in total. The molecule has 0 bridgehead atoms. The lowest BCUT2D eigenvalue weighted by Gasteiger charge is -2.16. The maximum absolute atomic E-state index is 12.5. The third-order valence-electron chi connectivity index (χ3n) is 3.78. The van der Waals surface area contributed by atoms with Crippen LogP contribution in [0.3, 0.4) is 0 Å². The topological polar surface area (TPSA) is 34.1 Å². The Balaban J connectivity index is 1.98. The van der Waals surface area contributed by atoms with Gasteiger partial charge < -0.3 is 0 Å². The van der Waals surface area contributed by atoms with Gasteiger partial charge in [-0.1, -0.05) is 24.3 Å². The predicted octanol–water partition coefficient (Wildman–Crippen LogP) is 3.47. The van der Waals surface area contributed by atoms with Gasteiger partial charge >= 0.3 is 0 Å². The van der Waals surface area contributed by atoms with Crippen LogP contribution in [0.4, 0.5) is 0 Å². The van der Waals surface area contributed by atoms with Crippen LogP contribution >= 0.6 is 0 Å². The van der Waals surface area contributed by atoms with Gasteiger partial charge in [0.15, 0.2) is 0 Å². The van der Waals surface area contributed by atoms with Crippen LogP contribution in [0.2, 0.25) is 0 Å². The highest BCUT2D eigenvalue weighted by Crippen LogP contribution is 2.40. The Morgan fingerprint density at radius 3 is 2.61 bits per heavy atom. The molecule has 3 rings (SSSR count). The van der Waals surface area contributed by atoms with Crippen LogP contribution in [0.1, 0.15) is 25.7 Å². The van der Waals surface area contributed by atoms with Gasteiger partial charge in [0.05, 0.1) is 9.80 Å². The summed E-state index contributed by atoms with van der Waals surface area (Å²) in [7, 11) is -3.28. The van der Waals surface area contributed by atoms with E-state index in [9.17, 15) is 8.42 Å². The molecule has 0 aromatic heterocycles. The SMILES string of the molecule is O=S(=O)(C1=CC2=CCCCC2C1)c1ccccc1. The molecular weight excluding hydrogens is 244 g/mol. The summed E-state index contributed by atoms with van der Waals surface area (Å²) in [5, 5.41) is 0. The first-order valence-corrected chi connectivity index (χ1v) is 7.87. The molecule has 1 aromatic carbocycles. The van der Waals surface area contributed by atoms with Crippen molar-refractivity contribution in [2.75, 3.05) is 0 Å². The van der Waals surface area contributed by atoms with E-state index in [-0.39, 0.29) is 0 Å². The Morgan fingerprint density at radius 1 is 1.11 bits per heavy atom. The van der Waals surface area contributed by atoms with Crippen molar-refractivity contribution in [2.24, 2.45) is 5.92 Å². The monoisotopic (exact) mass is 260 g/mol. The van der Waals surface area contributed by atoms with Gasteiger partial charge in [-0.2, -0.15) is 0 Å². The molecule has 94 valence electrons. The Morgan fingerprint density at radius 2 is 1.89 bits per heavy atom. The molecule has 2 nitrogen and oxygen atoms in total. The molecule has 0 saturated heterocycles. The zero-order chi connectivity index (χ0) is 12.6. The number of sulfone groups is 1. The zero-order valence-corrected chi connectivity index (χ0v) is 11.0. The lowest BCUT2D eigenvalue weighted by Crippen LogP contribution is -2.06. The first-order valence-electron chi connectivity index (χ1n) is 6.39. The highest BCUT2D eigenvalue weighted by Gasteiger charge is 2.31. The fourth-order valence-corrected chi connectivity index (χ4v) is 4.32. The van der Waals surface area contributed by atoms with Gasteiger partial charge in [0, 0.05) is 0 Å². The predicted molar refractivity (Wildman–Crippen MR) is 71.8 cm³/mol. The number of benzene rings is 1. The van der Waals surface area contributed by atoms with Gasteiger partial charge in [-0.15, -0.1) is 0 Å². The third kappa shape index (κ3) is 1.93. The first-order chi connectivity index (χ1) is 8.68. The van der Waals surface area contributed by atoms with E-state index in [0.717, 1.165) is 12.8 Å². The average molecular weight is 260 g/mol. The van der Waals surface area contributed by atoms with Crippen LogP contribution in [-0.4, -0.2) is 8.42 Å². The second kappa shape index (κ2) is 4.39. The molecule has 2 aliphatic rings. The highest BCUT2D eigenvalue weighted by atomic mass is 32.2. The van der Waals surface area contributed by atoms with Crippen molar-refractivity contribution < 1.29 is 8.42 Å². The average Bonchev–Trinajstić information content (AvgIpc) is 2.84. The third-order valence-corrected chi connectivity index (χ3v) is 5.65. The van der Waals surface area contributed by atoms with E-state index in [1.165, 1.54) is 12.0 Å². The fourth-order valence-electron chi connectivity index (χ4n) is 2.79. The van der Waals surface area contributed by atoms with Crippen LogP contribution < -0.4 is 0 Å². The summed E-state index contributed by atoms with van der Waals surface area (Å²) in [5.74, 6) is 0.437. The second-order valence-corrected chi connectivity index (χ2v) is 6.97. The van der Waals surface area contributed by atoms with Crippen LogP contribution in [0.25, 0.3) is 0 Å². The van der Waals surface area contributed by atoms with Gasteiger partial charge in [-0.3, -0.25) is 0 Å². The molecule has 0 radical (unpaired) electrons. The van der Waals surface area contributed by atoms with Crippen LogP contribution in [-0.2, 0) is 9.84 Å².